The second-order valence-electron chi connectivity index (χ2n) is 2.63. The van der Waals surface area contributed by atoms with Gasteiger partial charge in [0, 0.05) is 6.07 Å². The zero-order valence-corrected chi connectivity index (χ0v) is 9.38. The molecule has 0 spiro atoms. The lowest BCUT2D eigenvalue weighted by Gasteiger charge is -2.04. The Bertz CT molecular complexity index is 478. The van der Waals surface area contributed by atoms with Crippen molar-refractivity contribution in [2.45, 2.75) is 0 Å². The summed E-state index contributed by atoms with van der Waals surface area (Å²) in [4.78, 5) is 20.4. The third kappa shape index (κ3) is 2.01. The molecule has 0 aliphatic carbocycles. The lowest BCUT2D eigenvalue weighted by atomic mass is 10.2. The van der Waals surface area contributed by atoms with Gasteiger partial charge in [-0.3, -0.25) is 10.1 Å². The van der Waals surface area contributed by atoms with Crippen LogP contribution in [0.2, 0.25) is 0 Å². The SMILES string of the molecule is COC(=O)c1cc([N+](=O)[O-])c(F)c(Br)c1F. The Balaban J connectivity index is 3.53. The predicted octanol–water partition coefficient (Wildman–Crippen LogP) is 2.42. The number of halogens is 3. The number of esters is 1. The summed E-state index contributed by atoms with van der Waals surface area (Å²) in [7, 11) is 0.977. The van der Waals surface area contributed by atoms with Crippen molar-refractivity contribution in [2.75, 3.05) is 7.11 Å². The Hall–Kier alpha value is -1.57. The first kappa shape index (κ1) is 12.5. The molecule has 0 saturated heterocycles. The summed E-state index contributed by atoms with van der Waals surface area (Å²) in [5.41, 5.74) is -1.71. The van der Waals surface area contributed by atoms with Crippen molar-refractivity contribution in [2.24, 2.45) is 0 Å². The molecule has 0 N–H and O–H groups in total. The fourth-order valence-corrected chi connectivity index (χ4v) is 1.40. The van der Waals surface area contributed by atoms with Gasteiger partial charge in [0.25, 0.3) is 0 Å². The number of methoxy groups -OCH3 is 1. The second kappa shape index (κ2) is 4.52. The van der Waals surface area contributed by atoms with Crippen molar-refractivity contribution in [1.82, 2.24) is 0 Å². The molecule has 86 valence electrons. The van der Waals surface area contributed by atoms with Crippen LogP contribution in [-0.4, -0.2) is 18.0 Å². The molecular formula is C8H4BrF2NO4. The normalized spacial score (nSPS) is 10.0. The van der Waals surface area contributed by atoms with Crippen LogP contribution in [-0.2, 0) is 4.74 Å². The first-order chi connectivity index (χ1) is 7.40. The monoisotopic (exact) mass is 295 g/mol. The van der Waals surface area contributed by atoms with Gasteiger partial charge in [0.15, 0.2) is 5.82 Å². The van der Waals surface area contributed by atoms with Gasteiger partial charge in [-0.25, -0.2) is 9.18 Å². The molecule has 0 aromatic heterocycles. The molecule has 0 unspecified atom stereocenters. The van der Waals surface area contributed by atoms with Gasteiger partial charge < -0.3 is 4.74 Å². The van der Waals surface area contributed by atoms with Crippen molar-refractivity contribution >= 4 is 27.6 Å². The topological polar surface area (TPSA) is 69.4 Å². The molecule has 0 aliphatic heterocycles. The third-order valence-corrected chi connectivity index (χ3v) is 2.43. The van der Waals surface area contributed by atoms with E-state index in [1.807, 2.05) is 0 Å². The number of nitro benzene ring substituents is 1. The lowest BCUT2D eigenvalue weighted by molar-refractivity contribution is -0.387. The Labute approximate surface area is 96.3 Å². The van der Waals surface area contributed by atoms with Crippen LogP contribution in [0.25, 0.3) is 0 Å². The maximum absolute atomic E-state index is 13.3. The highest BCUT2D eigenvalue weighted by atomic mass is 79.9. The minimum Gasteiger partial charge on any atom is -0.465 e. The summed E-state index contributed by atoms with van der Waals surface area (Å²) in [6, 6.07) is 0.487. The van der Waals surface area contributed by atoms with Gasteiger partial charge in [0.05, 0.1) is 16.5 Å². The van der Waals surface area contributed by atoms with Crippen LogP contribution >= 0.6 is 15.9 Å². The number of hydrogen-bond acceptors (Lipinski definition) is 4. The summed E-state index contributed by atoms with van der Waals surface area (Å²) in [5, 5.41) is 10.4. The van der Waals surface area contributed by atoms with E-state index >= 15 is 0 Å². The number of nitrogens with zero attached hydrogens (tertiary/aromatic N) is 1. The predicted molar refractivity (Wildman–Crippen MR) is 52.1 cm³/mol. The van der Waals surface area contributed by atoms with E-state index in [1.165, 1.54) is 0 Å². The third-order valence-electron chi connectivity index (χ3n) is 1.73. The average molecular weight is 296 g/mol. The zero-order valence-electron chi connectivity index (χ0n) is 7.79. The van der Waals surface area contributed by atoms with Gasteiger partial charge in [-0.1, -0.05) is 0 Å². The van der Waals surface area contributed by atoms with Crippen LogP contribution in [0.3, 0.4) is 0 Å². The van der Waals surface area contributed by atoms with Crippen molar-refractivity contribution in [3.63, 3.8) is 0 Å². The van der Waals surface area contributed by atoms with E-state index in [-0.39, 0.29) is 0 Å². The molecule has 0 bridgehead atoms. The molecule has 1 aromatic carbocycles. The molecule has 8 heteroatoms. The standard InChI is InChI=1S/C8H4BrF2NO4/c1-16-8(13)3-2-4(12(14)15)7(11)5(9)6(3)10/h2H,1H3. The van der Waals surface area contributed by atoms with Crippen molar-refractivity contribution < 1.29 is 23.2 Å². The van der Waals surface area contributed by atoms with E-state index in [1.54, 1.807) is 0 Å². The van der Waals surface area contributed by atoms with E-state index in [4.69, 9.17) is 0 Å². The first-order valence-corrected chi connectivity index (χ1v) is 4.59. The average Bonchev–Trinajstić information content (AvgIpc) is 2.25. The number of carbonyl (C=O) groups is 1. The van der Waals surface area contributed by atoms with Crippen LogP contribution in [0.5, 0.6) is 0 Å². The van der Waals surface area contributed by atoms with Crippen LogP contribution in [0, 0.1) is 21.7 Å². The highest BCUT2D eigenvalue weighted by Gasteiger charge is 2.27. The Kier molecular flexibility index (Phi) is 3.53. The van der Waals surface area contributed by atoms with E-state index in [0.717, 1.165) is 7.11 Å². The second-order valence-corrected chi connectivity index (χ2v) is 3.43. The molecular weight excluding hydrogens is 292 g/mol. The summed E-state index contributed by atoms with van der Waals surface area (Å²) in [6.07, 6.45) is 0. The Morgan fingerprint density at radius 2 is 2.06 bits per heavy atom. The van der Waals surface area contributed by atoms with Crippen LogP contribution in [0.1, 0.15) is 10.4 Å². The van der Waals surface area contributed by atoms with E-state index in [9.17, 15) is 23.7 Å². The molecule has 0 atom stereocenters. The molecule has 0 radical (unpaired) electrons. The summed E-state index contributed by atoms with van der Waals surface area (Å²) < 4.78 is 29.9. The van der Waals surface area contributed by atoms with E-state index in [0.29, 0.717) is 6.07 Å². The number of benzene rings is 1. The van der Waals surface area contributed by atoms with Gasteiger partial charge >= 0.3 is 11.7 Å². The van der Waals surface area contributed by atoms with Crippen molar-refractivity contribution in [3.05, 3.63) is 37.9 Å². The summed E-state index contributed by atoms with van der Waals surface area (Å²) in [6.45, 7) is 0. The molecule has 1 aromatic rings. The minimum atomic E-state index is -1.38. The Morgan fingerprint density at radius 3 is 2.50 bits per heavy atom. The lowest BCUT2D eigenvalue weighted by Crippen LogP contribution is -2.08. The van der Waals surface area contributed by atoms with Gasteiger partial charge in [-0.15, -0.1) is 0 Å². The molecule has 5 nitrogen and oxygen atoms in total. The first-order valence-electron chi connectivity index (χ1n) is 3.80. The van der Waals surface area contributed by atoms with Crippen molar-refractivity contribution in [1.29, 1.82) is 0 Å². The molecule has 0 heterocycles. The van der Waals surface area contributed by atoms with E-state index in [2.05, 4.69) is 20.7 Å². The molecule has 0 saturated carbocycles. The fraction of sp³-hybridized carbons (Fsp3) is 0.125. The van der Waals surface area contributed by atoms with Crippen LogP contribution in [0.4, 0.5) is 14.5 Å². The number of hydrogen-bond donors (Lipinski definition) is 0. The van der Waals surface area contributed by atoms with Gasteiger partial charge in [0.2, 0.25) is 5.82 Å². The maximum Gasteiger partial charge on any atom is 0.341 e. The number of ether oxygens (including phenoxy) is 1. The number of carbonyl (C=O) groups excluding carboxylic acids is 1. The van der Waals surface area contributed by atoms with Gasteiger partial charge in [-0.05, 0) is 15.9 Å². The summed E-state index contributed by atoms with van der Waals surface area (Å²) >= 11 is 2.48. The van der Waals surface area contributed by atoms with Crippen LogP contribution in [0.15, 0.2) is 10.5 Å². The fourth-order valence-electron chi connectivity index (χ4n) is 0.982. The summed E-state index contributed by atoms with van der Waals surface area (Å²) in [5.74, 6) is -3.74. The molecule has 1 rings (SSSR count). The molecule has 16 heavy (non-hydrogen) atoms. The quantitative estimate of drug-likeness (QED) is 0.364. The highest BCUT2D eigenvalue weighted by molar-refractivity contribution is 9.10. The number of rotatable bonds is 2. The molecule has 0 fully saturated rings. The Morgan fingerprint density at radius 1 is 1.50 bits per heavy atom. The maximum atomic E-state index is 13.3. The van der Waals surface area contributed by atoms with Crippen molar-refractivity contribution in [3.8, 4) is 0 Å². The highest BCUT2D eigenvalue weighted by Crippen LogP contribution is 2.30. The van der Waals surface area contributed by atoms with Gasteiger partial charge in [0.1, 0.15) is 5.56 Å². The zero-order chi connectivity index (χ0) is 12.5. The number of nitro groups is 1. The molecule has 0 aliphatic rings. The molecule has 0 amide bonds. The largest absolute Gasteiger partial charge is 0.465 e. The van der Waals surface area contributed by atoms with Crippen LogP contribution < -0.4 is 0 Å². The smallest absolute Gasteiger partial charge is 0.341 e. The van der Waals surface area contributed by atoms with E-state index < -0.39 is 38.3 Å². The minimum absolute atomic E-state index is 0.487. The van der Waals surface area contributed by atoms with Gasteiger partial charge in [-0.2, -0.15) is 4.39 Å².